The Kier molecular flexibility index (Phi) is 7.18. The fourth-order valence-electron chi connectivity index (χ4n) is 2.80. The highest BCUT2D eigenvalue weighted by Crippen LogP contribution is 2.02. The van der Waals surface area contributed by atoms with Gasteiger partial charge in [0.05, 0.1) is 6.54 Å². The third-order valence-electron chi connectivity index (χ3n) is 4.12. The van der Waals surface area contributed by atoms with Gasteiger partial charge in [-0.3, -0.25) is 9.30 Å². The molecule has 0 atom stereocenters. The number of fused-ring (bicyclic) bond motifs is 1. The molecule has 0 aliphatic rings. The molecule has 6 nitrogen and oxygen atoms in total. The molecular formula is C18H24ClN5O. The Morgan fingerprint density at radius 2 is 1.76 bits per heavy atom. The molecular weight excluding hydrogens is 338 g/mol. The minimum atomic E-state index is -0.0960. The lowest BCUT2D eigenvalue weighted by Gasteiger charge is -2.21. The van der Waals surface area contributed by atoms with Crippen molar-refractivity contribution in [2.24, 2.45) is 5.73 Å². The van der Waals surface area contributed by atoms with Crippen LogP contribution in [0.2, 0.25) is 0 Å². The van der Waals surface area contributed by atoms with E-state index >= 15 is 0 Å². The lowest BCUT2D eigenvalue weighted by molar-refractivity contribution is 0.267. The van der Waals surface area contributed by atoms with Gasteiger partial charge in [0.15, 0.2) is 5.65 Å². The SMILES string of the molecule is Cl.NCCN(CCc1ccccc1)CCn1nc2ccccn2c1=O. The molecule has 2 N–H and O–H groups in total. The van der Waals surface area contributed by atoms with Gasteiger partial charge in [0, 0.05) is 32.4 Å². The Bertz CT molecular complexity index is 830. The third-order valence-corrected chi connectivity index (χ3v) is 4.12. The lowest BCUT2D eigenvalue weighted by Crippen LogP contribution is -2.36. The molecule has 0 fully saturated rings. The van der Waals surface area contributed by atoms with Crippen LogP contribution in [0.4, 0.5) is 0 Å². The zero-order valence-corrected chi connectivity index (χ0v) is 14.9. The standard InChI is InChI=1S/C18H23N5O.ClH/c19-10-13-21(12-9-16-6-2-1-3-7-16)14-15-23-18(24)22-11-5-4-8-17(22)20-23;/h1-8,11H,9-10,12-15,19H2;1H. The molecule has 0 aliphatic carbocycles. The number of benzene rings is 1. The average Bonchev–Trinajstić information content (AvgIpc) is 2.95. The molecule has 3 aromatic rings. The van der Waals surface area contributed by atoms with Gasteiger partial charge in [-0.25, -0.2) is 9.48 Å². The van der Waals surface area contributed by atoms with E-state index in [1.54, 1.807) is 10.6 Å². The van der Waals surface area contributed by atoms with E-state index in [4.69, 9.17) is 5.73 Å². The summed E-state index contributed by atoms with van der Waals surface area (Å²) in [5, 5.41) is 4.37. The minimum absolute atomic E-state index is 0. The molecule has 0 unspecified atom stereocenters. The van der Waals surface area contributed by atoms with Crippen molar-refractivity contribution in [1.82, 2.24) is 19.1 Å². The number of nitrogens with zero attached hydrogens (tertiary/aromatic N) is 4. The van der Waals surface area contributed by atoms with Gasteiger partial charge in [0.1, 0.15) is 0 Å². The van der Waals surface area contributed by atoms with E-state index in [0.29, 0.717) is 18.7 Å². The second kappa shape index (κ2) is 9.36. The molecule has 0 aliphatic heterocycles. The number of hydrogen-bond donors (Lipinski definition) is 1. The highest BCUT2D eigenvalue weighted by atomic mass is 35.5. The van der Waals surface area contributed by atoms with Gasteiger partial charge in [-0.1, -0.05) is 36.4 Å². The number of nitrogens with two attached hydrogens (primary N) is 1. The van der Waals surface area contributed by atoms with E-state index in [1.165, 1.54) is 10.2 Å². The fraction of sp³-hybridized carbons (Fsp3) is 0.333. The van der Waals surface area contributed by atoms with Crippen LogP contribution in [0.3, 0.4) is 0 Å². The summed E-state index contributed by atoms with van der Waals surface area (Å²) in [4.78, 5) is 14.6. The highest BCUT2D eigenvalue weighted by molar-refractivity contribution is 5.85. The van der Waals surface area contributed by atoms with Crippen LogP contribution < -0.4 is 11.4 Å². The summed E-state index contributed by atoms with van der Waals surface area (Å²) in [7, 11) is 0. The summed E-state index contributed by atoms with van der Waals surface area (Å²) < 4.78 is 3.10. The van der Waals surface area contributed by atoms with Crippen LogP contribution in [0.15, 0.2) is 59.5 Å². The van der Waals surface area contributed by atoms with E-state index in [1.807, 2.05) is 24.3 Å². The van der Waals surface area contributed by atoms with E-state index < -0.39 is 0 Å². The zero-order valence-electron chi connectivity index (χ0n) is 14.1. The van der Waals surface area contributed by atoms with Crippen LogP contribution in [0.25, 0.3) is 5.65 Å². The number of hydrogen-bond acceptors (Lipinski definition) is 4. The Morgan fingerprint density at radius 1 is 1.00 bits per heavy atom. The molecule has 7 heteroatoms. The van der Waals surface area contributed by atoms with E-state index in [9.17, 15) is 4.79 Å². The molecule has 0 saturated heterocycles. The summed E-state index contributed by atoms with van der Waals surface area (Å²) in [6.45, 7) is 3.66. The number of pyridine rings is 1. The topological polar surface area (TPSA) is 68.6 Å². The maximum atomic E-state index is 12.3. The predicted molar refractivity (Wildman–Crippen MR) is 102 cm³/mol. The molecule has 0 saturated carbocycles. The van der Waals surface area contributed by atoms with Crippen LogP contribution in [0.1, 0.15) is 5.56 Å². The molecule has 1 aromatic carbocycles. The molecule has 0 spiro atoms. The van der Waals surface area contributed by atoms with E-state index in [-0.39, 0.29) is 18.1 Å². The lowest BCUT2D eigenvalue weighted by atomic mass is 10.1. The first-order chi connectivity index (χ1) is 11.8. The van der Waals surface area contributed by atoms with Crippen molar-refractivity contribution in [2.75, 3.05) is 26.2 Å². The number of aromatic nitrogens is 3. The normalized spacial score (nSPS) is 11.0. The van der Waals surface area contributed by atoms with Crippen molar-refractivity contribution in [1.29, 1.82) is 0 Å². The Labute approximate surface area is 153 Å². The van der Waals surface area contributed by atoms with Crippen LogP contribution in [0, 0.1) is 0 Å². The monoisotopic (exact) mass is 361 g/mol. The Balaban J connectivity index is 0.00000225. The first-order valence-corrected chi connectivity index (χ1v) is 8.28. The molecule has 2 heterocycles. The summed E-state index contributed by atoms with van der Waals surface area (Å²) in [5.74, 6) is 0. The van der Waals surface area contributed by atoms with Crippen molar-refractivity contribution in [3.05, 3.63) is 70.8 Å². The van der Waals surface area contributed by atoms with Gasteiger partial charge in [0.2, 0.25) is 0 Å². The maximum Gasteiger partial charge on any atom is 0.350 e. The summed E-state index contributed by atoms with van der Waals surface area (Å²) >= 11 is 0. The second-order valence-corrected chi connectivity index (χ2v) is 5.80. The van der Waals surface area contributed by atoms with Crippen molar-refractivity contribution in [3.63, 3.8) is 0 Å². The van der Waals surface area contributed by atoms with Crippen LogP contribution >= 0.6 is 12.4 Å². The average molecular weight is 362 g/mol. The van der Waals surface area contributed by atoms with Crippen LogP contribution in [-0.2, 0) is 13.0 Å². The summed E-state index contributed by atoms with van der Waals surface area (Å²) in [6, 6.07) is 16.0. The third kappa shape index (κ3) is 4.92. The fourth-order valence-corrected chi connectivity index (χ4v) is 2.80. The summed E-state index contributed by atoms with van der Waals surface area (Å²) in [6.07, 6.45) is 2.72. The van der Waals surface area contributed by atoms with Gasteiger partial charge >= 0.3 is 5.69 Å². The Morgan fingerprint density at radius 3 is 2.48 bits per heavy atom. The molecule has 0 amide bonds. The quantitative estimate of drug-likeness (QED) is 0.659. The molecule has 0 radical (unpaired) electrons. The van der Waals surface area contributed by atoms with Crippen molar-refractivity contribution >= 4 is 18.1 Å². The maximum absolute atomic E-state index is 12.3. The van der Waals surface area contributed by atoms with Crippen molar-refractivity contribution in [3.8, 4) is 0 Å². The zero-order chi connectivity index (χ0) is 16.8. The smallest absolute Gasteiger partial charge is 0.329 e. The van der Waals surface area contributed by atoms with Gasteiger partial charge in [-0.2, -0.15) is 0 Å². The van der Waals surface area contributed by atoms with E-state index in [2.05, 4.69) is 34.3 Å². The summed E-state index contributed by atoms with van der Waals surface area (Å²) in [5.41, 5.74) is 7.62. The van der Waals surface area contributed by atoms with Gasteiger partial charge in [0.25, 0.3) is 0 Å². The number of rotatable bonds is 8. The first-order valence-electron chi connectivity index (χ1n) is 8.28. The first kappa shape index (κ1) is 19.2. The van der Waals surface area contributed by atoms with Gasteiger partial charge < -0.3 is 5.73 Å². The van der Waals surface area contributed by atoms with Crippen LogP contribution in [0.5, 0.6) is 0 Å². The molecule has 2 aromatic heterocycles. The van der Waals surface area contributed by atoms with Gasteiger partial charge in [-0.05, 0) is 24.1 Å². The van der Waals surface area contributed by atoms with Crippen LogP contribution in [-0.4, -0.2) is 45.3 Å². The Hall–Kier alpha value is -2.15. The second-order valence-electron chi connectivity index (χ2n) is 5.80. The van der Waals surface area contributed by atoms with E-state index in [0.717, 1.165) is 26.1 Å². The number of halogens is 1. The van der Waals surface area contributed by atoms with Gasteiger partial charge in [-0.15, -0.1) is 17.5 Å². The predicted octanol–water partition coefficient (Wildman–Crippen LogP) is 1.42. The highest BCUT2D eigenvalue weighted by Gasteiger charge is 2.09. The van der Waals surface area contributed by atoms with Crippen molar-refractivity contribution in [2.45, 2.75) is 13.0 Å². The molecule has 0 bridgehead atoms. The van der Waals surface area contributed by atoms with Crippen molar-refractivity contribution < 1.29 is 0 Å². The minimum Gasteiger partial charge on any atom is -0.329 e. The molecule has 3 rings (SSSR count). The largest absolute Gasteiger partial charge is 0.350 e. The molecule has 25 heavy (non-hydrogen) atoms. The molecule has 134 valence electrons.